The predicted octanol–water partition coefficient (Wildman–Crippen LogP) is 5.56. The normalized spacial score (nSPS) is 10.9. The van der Waals surface area contributed by atoms with Gasteiger partial charge in [0.15, 0.2) is 0 Å². The zero-order chi connectivity index (χ0) is 18.6. The van der Waals surface area contributed by atoms with Crippen molar-refractivity contribution in [3.8, 4) is 22.6 Å². The molecule has 7 heteroatoms. The molecule has 0 amide bonds. The van der Waals surface area contributed by atoms with Crippen LogP contribution in [0.15, 0.2) is 74.7 Å². The number of aromatic nitrogens is 4. The molecule has 4 aromatic rings. The Bertz CT molecular complexity index is 1050. The lowest BCUT2D eigenvalue weighted by Crippen LogP contribution is -1.90. The Morgan fingerprint density at radius 3 is 2.56 bits per heavy atom. The first kappa shape index (κ1) is 17.9. The van der Waals surface area contributed by atoms with Gasteiger partial charge in [-0.1, -0.05) is 68.7 Å². The van der Waals surface area contributed by atoms with Crippen LogP contribution in [0.3, 0.4) is 0 Å². The number of hydrogen-bond donors (Lipinski definition) is 0. The molecule has 0 spiro atoms. The molecule has 5 nitrogen and oxygen atoms in total. The summed E-state index contributed by atoms with van der Waals surface area (Å²) < 4.78 is 6.39. The van der Waals surface area contributed by atoms with Gasteiger partial charge < -0.3 is 4.52 Å². The van der Waals surface area contributed by atoms with Crippen LogP contribution in [0.1, 0.15) is 11.5 Å². The standard InChI is InChI=1S/C20H15BrN4OS/c1-13-3-2-4-15(11-13)20-22-18(26-25-20)12-27-19-10-9-17(23-24-19)14-5-7-16(21)8-6-14/h2-11H,12H2,1H3. The maximum atomic E-state index is 5.35. The quantitative estimate of drug-likeness (QED) is 0.380. The van der Waals surface area contributed by atoms with Gasteiger partial charge in [-0.25, -0.2) is 0 Å². The van der Waals surface area contributed by atoms with E-state index in [1.807, 2.05) is 67.6 Å². The molecule has 0 saturated carbocycles. The van der Waals surface area contributed by atoms with E-state index in [0.717, 1.165) is 31.9 Å². The van der Waals surface area contributed by atoms with Gasteiger partial charge in [0, 0.05) is 15.6 Å². The highest BCUT2D eigenvalue weighted by Gasteiger charge is 2.10. The van der Waals surface area contributed by atoms with Crippen LogP contribution in [0, 0.1) is 6.92 Å². The first-order valence-electron chi connectivity index (χ1n) is 8.29. The second kappa shape index (κ2) is 8.02. The van der Waals surface area contributed by atoms with E-state index in [4.69, 9.17) is 4.52 Å². The van der Waals surface area contributed by atoms with Gasteiger partial charge in [0.05, 0.1) is 11.4 Å². The highest BCUT2D eigenvalue weighted by molar-refractivity contribution is 9.10. The molecule has 0 bridgehead atoms. The molecule has 27 heavy (non-hydrogen) atoms. The fourth-order valence-corrected chi connectivity index (χ4v) is 3.44. The fraction of sp³-hybridized carbons (Fsp3) is 0.100. The summed E-state index contributed by atoms with van der Waals surface area (Å²) in [5.74, 6) is 1.71. The number of halogens is 1. The van der Waals surface area contributed by atoms with Crippen molar-refractivity contribution in [2.45, 2.75) is 17.7 Å². The third kappa shape index (κ3) is 4.43. The number of benzene rings is 2. The van der Waals surface area contributed by atoms with Crippen molar-refractivity contribution in [3.63, 3.8) is 0 Å². The highest BCUT2D eigenvalue weighted by Crippen LogP contribution is 2.24. The van der Waals surface area contributed by atoms with Gasteiger partial charge in [-0.3, -0.25) is 0 Å². The Morgan fingerprint density at radius 2 is 1.81 bits per heavy atom. The summed E-state index contributed by atoms with van der Waals surface area (Å²) in [5.41, 5.74) is 3.98. The van der Waals surface area contributed by atoms with E-state index in [-0.39, 0.29) is 0 Å². The molecule has 2 aromatic heterocycles. The Morgan fingerprint density at radius 1 is 0.963 bits per heavy atom. The molecule has 0 N–H and O–H groups in total. The largest absolute Gasteiger partial charge is 0.338 e. The van der Waals surface area contributed by atoms with Gasteiger partial charge in [-0.2, -0.15) is 4.98 Å². The van der Waals surface area contributed by atoms with Gasteiger partial charge in [-0.05, 0) is 37.3 Å². The predicted molar refractivity (Wildman–Crippen MR) is 109 cm³/mol. The summed E-state index contributed by atoms with van der Waals surface area (Å²) in [5, 5.41) is 13.5. The number of rotatable bonds is 5. The molecule has 0 aliphatic rings. The summed E-state index contributed by atoms with van der Waals surface area (Å²) in [6.07, 6.45) is 0. The van der Waals surface area contributed by atoms with Gasteiger partial charge in [0.2, 0.25) is 11.7 Å². The second-order valence-corrected chi connectivity index (χ2v) is 7.84. The lowest BCUT2D eigenvalue weighted by molar-refractivity contribution is 0.391. The van der Waals surface area contributed by atoms with E-state index in [0.29, 0.717) is 17.5 Å². The summed E-state index contributed by atoms with van der Waals surface area (Å²) >= 11 is 4.95. The molecule has 0 fully saturated rings. The van der Waals surface area contributed by atoms with Gasteiger partial charge in [0.1, 0.15) is 5.03 Å². The van der Waals surface area contributed by atoms with Crippen molar-refractivity contribution >= 4 is 27.7 Å². The van der Waals surface area contributed by atoms with Crippen molar-refractivity contribution in [3.05, 3.63) is 76.6 Å². The molecular formula is C20H15BrN4OS. The fourth-order valence-electron chi connectivity index (χ4n) is 2.52. The minimum Gasteiger partial charge on any atom is -0.338 e. The Labute approximate surface area is 169 Å². The van der Waals surface area contributed by atoms with Crippen LogP contribution in [-0.2, 0) is 5.75 Å². The third-order valence-corrected chi connectivity index (χ3v) is 5.30. The SMILES string of the molecule is Cc1cccc(-c2noc(CSc3ccc(-c4ccc(Br)cc4)nn3)n2)c1. The Kier molecular flexibility index (Phi) is 5.31. The first-order valence-corrected chi connectivity index (χ1v) is 10.1. The van der Waals surface area contributed by atoms with Gasteiger partial charge in [-0.15, -0.1) is 10.2 Å². The molecule has 0 atom stereocenters. The summed E-state index contributed by atoms with van der Waals surface area (Å²) in [4.78, 5) is 4.46. The third-order valence-electron chi connectivity index (χ3n) is 3.87. The van der Waals surface area contributed by atoms with E-state index in [9.17, 15) is 0 Å². The summed E-state index contributed by atoms with van der Waals surface area (Å²) in [7, 11) is 0. The molecule has 4 rings (SSSR count). The first-order chi connectivity index (χ1) is 13.2. The van der Waals surface area contributed by atoms with Crippen LogP contribution < -0.4 is 0 Å². The van der Waals surface area contributed by atoms with Crippen molar-refractivity contribution in [1.29, 1.82) is 0 Å². The van der Waals surface area contributed by atoms with Crippen LogP contribution in [0.25, 0.3) is 22.6 Å². The maximum absolute atomic E-state index is 5.35. The Balaban J connectivity index is 1.41. The van der Waals surface area contributed by atoms with E-state index in [1.54, 1.807) is 0 Å². The average molecular weight is 439 g/mol. The van der Waals surface area contributed by atoms with Gasteiger partial charge in [0.25, 0.3) is 0 Å². The van der Waals surface area contributed by atoms with Crippen molar-refractivity contribution in [2.24, 2.45) is 0 Å². The molecule has 2 heterocycles. The monoisotopic (exact) mass is 438 g/mol. The molecule has 0 saturated heterocycles. The zero-order valence-electron chi connectivity index (χ0n) is 14.5. The number of nitrogens with zero attached hydrogens (tertiary/aromatic N) is 4. The van der Waals surface area contributed by atoms with E-state index in [2.05, 4.69) is 36.3 Å². The van der Waals surface area contributed by atoms with Crippen LogP contribution in [-0.4, -0.2) is 20.3 Å². The average Bonchev–Trinajstić information content (AvgIpc) is 3.17. The number of thioether (sulfide) groups is 1. The van der Waals surface area contributed by atoms with E-state index in [1.165, 1.54) is 11.8 Å². The molecule has 0 unspecified atom stereocenters. The van der Waals surface area contributed by atoms with Gasteiger partial charge >= 0.3 is 0 Å². The summed E-state index contributed by atoms with van der Waals surface area (Å²) in [6.45, 7) is 2.04. The molecule has 0 aliphatic carbocycles. The Hall–Kier alpha value is -2.51. The molecule has 0 radical (unpaired) electrons. The van der Waals surface area contributed by atoms with E-state index >= 15 is 0 Å². The minimum atomic E-state index is 0.547. The highest BCUT2D eigenvalue weighted by atomic mass is 79.9. The van der Waals surface area contributed by atoms with Crippen molar-refractivity contribution < 1.29 is 4.52 Å². The lowest BCUT2D eigenvalue weighted by atomic mass is 10.1. The van der Waals surface area contributed by atoms with Crippen LogP contribution in [0.4, 0.5) is 0 Å². The summed E-state index contributed by atoms with van der Waals surface area (Å²) in [6, 6.07) is 19.9. The second-order valence-electron chi connectivity index (χ2n) is 5.93. The smallest absolute Gasteiger partial charge is 0.237 e. The van der Waals surface area contributed by atoms with Crippen molar-refractivity contribution in [2.75, 3.05) is 0 Å². The molecule has 2 aromatic carbocycles. The zero-order valence-corrected chi connectivity index (χ0v) is 16.9. The topological polar surface area (TPSA) is 64.7 Å². The maximum Gasteiger partial charge on any atom is 0.237 e. The van der Waals surface area contributed by atoms with Crippen LogP contribution in [0.2, 0.25) is 0 Å². The van der Waals surface area contributed by atoms with Crippen LogP contribution in [0.5, 0.6) is 0 Å². The molecule has 134 valence electrons. The molecular weight excluding hydrogens is 424 g/mol. The molecule has 0 aliphatic heterocycles. The van der Waals surface area contributed by atoms with Crippen LogP contribution >= 0.6 is 27.7 Å². The van der Waals surface area contributed by atoms with E-state index < -0.39 is 0 Å². The minimum absolute atomic E-state index is 0.547. The number of aryl methyl sites for hydroxylation is 1. The lowest BCUT2D eigenvalue weighted by Gasteiger charge is -2.01. The number of hydrogen-bond acceptors (Lipinski definition) is 6. The van der Waals surface area contributed by atoms with Crippen molar-refractivity contribution in [1.82, 2.24) is 20.3 Å².